The van der Waals surface area contributed by atoms with Crippen LogP contribution in [0.3, 0.4) is 0 Å². The van der Waals surface area contributed by atoms with E-state index >= 15 is 0 Å². The highest BCUT2D eigenvalue weighted by Gasteiger charge is 2.06. The molecule has 14 heavy (non-hydrogen) atoms. The van der Waals surface area contributed by atoms with Crippen molar-refractivity contribution in [2.75, 3.05) is 0 Å². The van der Waals surface area contributed by atoms with E-state index in [0.29, 0.717) is 0 Å². The van der Waals surface area contributed by atoms with Crippen molar-refractivity contribution >= 4 is 11.8 Å². The van der Waals surface area contributed by atoms with Gasteiger partial charge in [0.15, 0.2) is 0 Å². The lowest BCUT2D eigenvalue weighted by Gasteiger charge is -1.96. The van der Waals surface area contributed by atoms with Gasteiger partial charge in [0.1, 0.15) is 5.75 Å². The van der Waals surface area contributed by atoms with E-state index in [4.69, 9.17) is 5.11 Å². The van der Waals surface area contributed by atoms with Crippen LogP contribution in [0.1, 0.15) is 10.4 Å². The molecule has 0 amide bonds. The molecule has 0 saturated carbocycles. The van der Waals surface area contributed by atoms with Crippen molar-refractivity contribution in [2.24, 2.45) is 0 Å². The molecule has 0 heterocycles. The van der Waals surface area contributed by atoms with Crippen molar-refractivity contribution in [3.8, 4) is 17.6 Å². The van der Waals surface area contributed by atoms with E-state index < -0.39 is 11.8 Å². The minimum atomic E-state index is -1.38. The molecule has 1 rings (SSSR count). The highest BCUT2D eigenvalue weighted by molar-refractivity contribution is 6.13. The highest BCUT2D eigenvalue weighted by Crippen LogP contribution is 2.15. The Hall–Kier alpha value is -2.28. The van der Waals surface area contributed by atoms with E-state index in [-0.39, 0.29) is 11.3 Å². The first-order chi connectivity index (χ1) is 6.61. The summed E-state index contributed by atoms with van der Waals surface area (Å²) in [7, 11) is 0. The van der Waals surface area contributed by atoms with Crippen molar-refractivity contribution in [2.45, 2.75) is 0 Å². The number of rotatable bonds is 1. The lowest BCUT2D eigenvalue weighted by molar-refractivity contribution is -0.130. The molecule has 0 aliphatic rings. The minimum Gasteiger partial charge on any atom is -0.507 e. The molecule has 4 nitrogen and oxygen atoms in total. The molecule has 2 N–H and O–H groups in total. The normalized spacial score (nSPS) is 8.57. The van der Waals surface area contributed by atoms with E-state index in [0.717, 1.165) is 0 Å². The lowest BCUT2D eigenvalue weighted by Crippen LogP contribution is -1.97. The maximum Gasteiger partial charge on any atom is 0.382 e. The zero-order valence-corrected chi connectivity index (χ0v) is 7.02. The van der Waals surface area contributed by atoms with Gasteiger partial charge in [-0.2, -0.15) is 0 Å². The number of Topliss-reactive ketones (excluding diaryl/α,β-unsaturated/α-hetero) is 1. The largest absolute Gasteiger partial charge is 0.507 e. The number of aromatic hydroxyl groups is 1. The van der Waals surface area contributed by atoms with Gasteiger partial charge < -0.3 is 10.2 Å². The summed E-state index contributed by atoms with van der Waals surface area (Å²) >= 11 is 0. The molecule has 0 saturated heterocycles. The number of carbonyl (C=O) groups is 2. The van der Waals surface area contributed by atoms with Gasteiger partial charge in [-0.1, -0.05) is 12.1 Å². The lowest BCUT2D eigenvalue weighted by atomic mass is 10.1. The van der Waals surface area contributed by atoms with Gasteiger partial charge in [0, 0.05) is 5.92 Å². The minimum absolute atomic E-state index is 0.00116. The number of carboxylic acid groups (broad SMARTS) is 1. The van der Waals surface area contributed by atoms with Crippen LogP contribution in [-0.2, 0) is 4.79 Å². The van der Waals surface area contributed by atoms with Gasteiger partial charge in [-0.05, 0) is 18.1 Å². The predicted octanol–water partition coefficient (Wildman–Crippen LogP) is 0.663. The summed E-state index contributed by atoms with van der Waals surface area (Å²) in [6.07, 6.45) is 0. The Balaban J connectivity index is 2.98. The third kappa shape index (κ3) is 2.35. The Labute approximate surface area is 79.8 Å². The van der Waals surface area contributed by atoms with Gasteiger partial charge in [-0.25, -0.2) is 4.79 Å². The fourth-order valence-corrected chi connectivity index (χ4v) is 0.843. The van der Waals surface area contributed by atoms with Gasteiger partial charge in [-0.3, -0.25) is 4.79 Å². The van der Waals surface area contributed by atoms with Crippen molar-refractivity contribution in [1.29, 1.82) is 0 Å². The average Bonchev–Trinajstić information content (AvgIpc) is 2.15. The fraction of sp³-hybridized carbons (Fsp3) is 0. The maximum absolute atomic E-state index is 11.2. The number of phenolic OH excluding ortho intramolecular Hbond substituents is 1. The van der Waals surface area contributed by atoms with E-state index in [2.05, 4.69) is 0 Å². The molecule has 1 aromatic rings. The second-order valence-corrected chi connectivity index (χ2v) is 2.40. The van der Waals surface area contributed by atoms with E-state index in [1.165, 1.54) is 12.1 Å². The third-order valence-electron chi connectivity index (χ3n) is 1.43. The number of ketones is 1. The standard InChI is InChI=1S/C10H6O4/c11-8-4-2-1-3-7(8)9(12)5-6-10(13)14/h1-4,11H,(H,13,14). The van der Waals surface area contributed by atoms with Gasteiger partial charge in [-0.15, -0.1) is 0 Å². The molecule has 0 aromatic heterocycles. The first kappa shape index (κ1) is 9.81. The number of aliphatic carboxylic acids is 1. The number of hydrogen-bond donors (Lipinski definition) is 2. The number of benzene rings is 1. The van der Waals surface area contributed by atoms with Crippen LogP contribution in [-0.4, -0.2) is 22.0 Å². The topological polar surface area (TPSA) is 74.6 Å². The van der Waals surface area contributed by atoms with Crippen molar-refractivity contribution in [3.05, 3.63) is 29.8 Å². The molecular weight excluding hydrogens is 184 g/mol. The smallest absolute Gasteiger partial charge is 0.382 e. The summed E-state index contributed by atoms with van der Waals surface area (Å²) < 4.78 is 0. The summed E-state index contributed by atoms with van der Waals surface area (Å²) in [5.74, 6) is 1.26. The van der Waals surface area contributed by atoms with Crippen molar-refractivity contribution in [3.63, 3.8) is 0 Å². The van der Waals surface area contributed by atoms with Crippen LogP contribution in [0.5, 0.6) is 5.75 Å². The molecule has 70 valence electrons. The molecule has 0 atom stereocenters. The number of hydrogen-bond acceptors (Lipinski definition) is 3. The van der Waals surface area contributed by atoms with Crippen LogP contribution >= 0.6 is 0 Å². The van der Waals surface area contributed by atoms with Crippen LogP contribution in [0.4, 0.5) is 0 Å². The van der Waals surface area contributed by atoms with E-state index in [1.54, 1.807) is 18.1 Å². The van der Waals surface area contributed by atoms with Crippen LogP contribution < -0.4 is 0 Å². The molecular formula is C10H6O4. The first-order valence-electron chi connectivity index (χ1n) is 3.68. The van der Waals surface area contributed by atoms with Gasteiger partial charge in [0.2, 0.25) is 5.78 Å². The Bertz CT molecular complexity index is 437. The van der Waals surface area contributed by atoms with Crippen molar-refractivity contribution < 1.29 is 19.8 Å². The summed E-state index contributed by atoms with van der Waals surface area (Å²) in [6, 6.07) is 5.80. The Morgan fingerprint density at radius 3 is 2.36 bits per heavy atom. The van der Waals surface area contributed by atoms with Gasteiger partial charge in [0.25, 0.3) is 0 Å². The number of carboxylic acids is 1. The summed E-state index contributed by atoms with van der Waals surface area (Å²) in [6.45, 7) is 0. The van der Waals surface area contributed by atoms with E-state index in [9.17, 15) is 14.7 Å². The first-order valence-corrected chi connectivity index (χ1v) is 3.68. The molecule has 0 aliphatic heterocycles. The molecule has 4 heteroatoms. The molecule has 0 bridgehead atoms. The Kier molecular flexibility index (Phi) is 2.87. The third-order valence-corrected chi connectivity index (χ3v) is 1.43. The van der Waals surface area contributed by atoms with E-state index in [1.807, 2.05) is 5.92 Å². The quantitative estimate of drug-likeness (QED) is 0.387. The molecule has 0 unspecified atom stereocenters. The molecule has 0 radical (unpaired) electrons. The second kappa shape index (κ2) is 4.10. The second-order valence-electron chi connectivity index (χ2n) is 2.40. The Morgan fingerprint density at radius 1 is 1.14 bits per heavy atom. The van der Waals surface area contributed by atoms with Crippen LogP contribution in [0.2, 0.25) is 0 Å². The molecule has 0 spiro atoms. The highest BCUT2D eigenvalue weighted by atomic mass is 16.4. The predicted molar refractivity (Wildman–Crippen MR) is 47.8 cm³/mol. The number of carbonyl (C=O) groups excluding carboxylic acids is 1. The summed E-state index contributed by atoms with van der Waals surface area (Å²) in [5, 5.41) is 17.4. The Morgan fingerprint density at radius 2 is 1.79 bits per heavy atom. The summed E-state index contributed by atoms with van der Waals surface area (Å²) in [5.41, 5.74) is 0.00116. The van der Waals surface area contributed by atoms with Crippen molar-refractivity contribution in [1.82, 2.24) is 0 Å². The van der Waals surface area contributed by atoms with Gasteiger partial charge in [0.05, 0.1) is 5.56 Å². The van der Waals surface area contributed by atoms with Crippen LogP contribution in [0.15, 0.2) is 24.3 Å². The number of para-hydroxylation sites is 1. The van der Waals surface area contributed by atoms with Crippen LogP contribution in [0, 0.1) is 11.8 Å². The van der Waals surface area contributed by atoms with Gasteiger partial charge >= 0.3 is 5.97 Å². The SMILES string of the molecule is O=C(O)C#CC(=O)c1ccccc1O. The number of phenols is 1. The monoisotopic (exact) mass is 190 g/mol. The zero-order valence-electron chi connectivity index (χ0n) is 7.02. The molecule has 0 fully saturated rings. The van der Waals surface area contributed by atoms with Crippen LogP contribution in [0.25, 0.3) is 0 Å². The fourth-order valence-electron chi connectivity index (χ4n) is 0.843. The average molecular weight is 190 g/mol. The maximum atomic E-state index is 11.2. The molecule has 0 aliphatic carbocycles. The zero-order chi connectivity index (χ0) is 10.6. The molecule has 1 aromatic carbocycles. The summed E-state index contributed by atoms with van der Waals surface area (Å²) in [4.78, 5) is 21.2.